The lowest BCUT2D eigenvalue weighted by atomic mass is 10.3. The highest BCUT2D eigenvalue weighted by atomic mass is 32.2. The molecule has 2 heterocycles. The van der Waals surface area contributed by atoms with Gasteiger partial charge in [-0.05, 0) is 6.26 Å². The van der Waals surface area contributed by atoms with Gasteiger partial charge in [-0.2, -0.15) is 11.8 Å². The number of nitrogens with zero attached hydrogens (tertiary/aromatic N) is 3. The second-order valence-electron chi connectivity index (χ2n) is 3.77. The Morgan fingerprint density at radius 1 is 1.50 bits per heavy atom. The Hall–Kier alpha value is -1.34. The van der Waals surface area contributed by atoms with Gasteiger partial charge in [0.2, 0.25) is 0 Å². The van der Waals surface area contributed by atoms with Crippen LogP contribution in [0.3, 0.4) is 0 Å². The van der Waals surface area contributed by atoms with E-state index in [4.69, 9.17) is 5.73 Å². The van der Waals surface area contributed by atoms with Crippen LogP contribution in [-0.2, 0) is 0 Å². The summed E-state index contributed by atoms with van der Waals surface area (Å²) in [5.74, 6) is 0.843. The van der Waals surface area contributed by atoms with E-state index >= 15 is 0 Å². The Morgan fingerprint density at radius 2 is 2.22 bits per heavy atom. The molecule has 7 heteroatoms. The molecule has 5 nitrogen and oxygen atoms in total. The number of carbonyl (C=O) groups is 1. The van der Waals surface area contributed by atoms with Gasteiger partial charge in [0.15, 0.2) is 0 Å². The second kappa shape index (κ2) is 5.53. The molecule has 96 valence electrons. The third kappa shape index (κ3) is 2.41. The normalized spacial score (nSPS) is 10.8. The number of thiophene rings is 1. The number of fused-ring (bicyclic) bond motifs is 1. The molecule has 0 aliphatic carbocycles. The number of nitrogens with two attached hydrogens (primary N) is 1. The van der Waals surface area contributed by atoms with Crippen molar-refractivity contribution in [3.63, 3.8) is 0 Å². The van der Waals surface area contributed by atoms with Crippen LogP contribution in [0.2, 0.25) is 0 Å². The molecule has 0 fully saturated rings. The van der Waals surface area contributed by atoms with Crippen LogP contribution in [0.15, 0.2) is 12.4 Å². The number of hydrogen-bond acceptors (Lipinski definition) is 6. The molecule has 1 amide bonds. The van der Waals surface area contributed by atoms with Gasteiger partial charge in [-0.1, -0.05) is 0 Å². The lowest BCUT2D eigenvalue weighted by molar-refractivity contribution is 0.0809. The molecule has 2 aromatic rings. The van der Waals surface area contributed by atoms with Crippen LogP contribution in [0.1, 0.15) is 9.67 Å². The highest BCUT2D eigenvalue weighted by Crippen LogP contribution is 2.31. The molecule has 0 aliphatic heterocycles. The van der Waals surface area contributed by atoms with Crippen molar-refractivity contribution in [1.82, 2.24) is 14.9 Å². The van der Waals surface area contributed by atoms with Crippen molar-refractivity contribution >= 4 is 45.0 Å². The molecule has 0 aromatic carbocycles. The fourth-order valence-electron chi connectivity index (χ4n) is 1.51. The van der Waals surface area contributed by atoms with Gasteiger partial charge in [0.25, 0.3) is 5.91 Å². The van der Waals surface area contributed by atoms with Gasteiger partial charge in [0.05, 0.1) is 5.69 Å². The first-order valence-corrected chi connectivity index (χ1v) is 7.59. The van der Waals surface area contributed by atoms with E-state index in [1.54, 1.807) is 36.1 Å². The zero-order chi connectivity index (χ0) is 13.1. The summed E-state index contributed by atoms with van der Waals surface area (Å²) < 4.78 is 0. The average molecular weight is 282 g/mol. The Morgan fingerprint density at radius 3 is 2.89 bits per heavy atom. The summed E-state index contributed by atoms with van der Waals surface area (Å²) in [6.07, 6.45) is 5.20. The quantitative estimate of drug-likeness (QED) is 0.924. The van der Waals surface area contributed by atoms with E-state index in [0.29, 0.717) is 27.5 Å². The predicted octanol–water partition coefficient (Wildman–Crippen LogP) is 1.71. The number of hydrogen-bond donors (Lipinski definition) is 1. The SMILES string of the molecule is CSCCN(C)C(=O)c1sc2nccnc2c1N. The van der Waals surface area contributed by atoms with Crippen LogP contribution in [0.25, 0.3) is 10.3 Å². The van der Waals surface area contributed by atoms with Crippen molar-refractivity contribution < 1.29 is 4.79 Å². The minimum Gasteiger partial charge on any atom is -0.396 e. The zero-order valence-corrected chi connectivity index (χ0v) is 11.8. The molecule has 0 aliphatic rings. The molecule has 2 aromatic heterocycles. The largest absolute Gasteiger partial charge is 0.396 e. The van der Waals surface area contributed by atoms with Crippen LogP contribution in [-0.4, -0.2) is 46.4 Å². The molecule has 0 atom stereocenters. The van der Waals surface area contributed by atoms with Crippen molar-refractivity contribution in [2.24, 2.45) is 0 Å². The van der Waals surface area contributed by atoms with Crippen molar-refractivity contribution in [2.45, 2.75) is 0 Å². The molecule has 0 saturated heterocycles. The van der Waals surface area contributed by atoms with Gasteiger partial charge >= 0.3 is 0 Å². The third-order valence-electron chi connectivity index (χ3n) is 2.53. The molecule has 0 saturated carbocycles. The maximum atomic E-state index is 12.2. The highest BCUT2D eigenvalue weighted by molar-refractivity contribution is 7.98. The molecular formula is C11H14N4OS2. The van der Waals surface area contributed by atoms with Crippen molar-refractivity contribution in [2.75, 3.05) is 31.3 Å². The number of anilines is 1. The monoisotopic (exact) mass is 282 g/mol. The number of aromatic nitrogens is 2. The van der Waals surface area contributed by atoms with E-state index in [9.17, 15) is 4.79 Å². The van der Waals surface area contributed by atoms with Crippen LogP contribution >= 0.6 is 23.1 Å². The second-order valence-corrected chi connectivity index (χ2v) is 5.76. The summed E-state index contributed by atoms with van der Waals surface area (Å²) in [7, 11) is 1.78. The van der Waals surface area contributed by atoms with E-state index in [-0.39, 0.29) is 5.91 Å². The van der Waals surface area contributed by atoms with Gasteiger partial charge in [-0.15, -0.1) is 11.3 Å². The van der Waals surface area contributed by atoms with E-state index in [1.807, 2.05) is 6.26 Å². The third-order valence-corrected chi connectivity index (χ3v) is 4.22. The molecule has 0 unspecified atom stereocenters. The first-order valence-electron chi connectivity index (χ1n) is 5.38. The Labute approximate surface area is 113 Å². The molecule has 0 radical (unpaired) electrons. The smallest absolute Gasteiger partial charge is 0.265 e. The van der Waals surface area contributed by atoms with Crippen LogP contribution in [0.4, 0.5) is 5.69 Å². The first-order chi connectivity index (χ1) is 8.65. The summed E-state index contributed by atoms with van der Waals surface area (Å²) in [6, 6.07) is 0. The van der Waals surface area contributed by atoms with E-state index in [0.717, 1.165) is 5.75 Å². The van der Waals surface area contributed by atoms with E-state index < -0.39 is 0 Å². The van der Waals surface area contributed by atoms with Gasteiger partial charge in [-0.25, -0.2) is 9.97 Å². The Balaban J connectivity index is 2.30. The average Bonchev–Trinajstić information content (AvgIpc) is 2.73. The fraction of sp³-hybridized carbons (Fsp3) is 0.364. The molecular weight excluding hydrogens is 268 g/mol. The van der Waals surface area contributed by atoms with E-state index in [2.05, 4.69) is 9.97 Å². The first kappa shape index (κ1) is 13.1. The topological polar surface area (TPSA) is 72.1 Å². The summed E-state index contributed by atoms with van der Waals surface area (Å²) >= 11 is 3.00. The standard InChI is InChI=1S/C11H14N4OS2/c1-15(5-6-17-2)11(16)9-7(12)8-10(18-9)14-4-3-13-8/h3-4H,5-6,12H2,1-2H3. The molecule has 2 rings (SSSR count). The minimum atomic E-state index is -0.0636. The van der Waals surface area contributed by atoms with Crippen molar-refractivity contribution in [3.05, 3.63) is 17.3 Å². The van der Waals surface area contributed by atoms with Crippen molar-refractivity contribution in [1.29, 1.82) is 0 Å². The lowest BCUT2D eigenvalue weighted by Crippen LogP contribution is -2.28. The van der Waals surface area contributed by atoms with Crippen LogP contribution in [0.5, 0.6) is 0 Å². The summed E-state index contributed by atoms with van der Waals surface area (Å²) in [5, 5.41) is 0. The summed E-state index contributed by atoms with van der Waals surface area (Å²) in [6.45, 7) is 0.703. The van der Waals surface area contributed by atoms with Gasteiger partial charge < -0.3 is 10.6 Å². The molecule has 0 bridgehead atoms. The lowest BCUT2D eigenvalue weighted by Gasteiger charge is -2.15. The van der Waals surface area contributed by atoms with Gasteiger partial charge in [0, 0.05) is 31.7 Å². The summed E-state index contributed by atoms with van der Waals surface area (Å²) in [5.41, 5.74) is 7.01. The summed E-state index contributed by atoms with van der Waals surface area (Å²) in [4.78, 5) is 23.5. The maximum absolute atomic E-state index is 12.2. The van der Waals surface area contributed by atoms with Crippen molar-refractivity contribution in [3.8, 4) is 0 Å². The molecule has 18 heavy (non-hydrogen) atoms. The zero-order valence-electron chi connectivity index (χ0n) is 10.2. The van der Waals surface area contributed by atoms with E-state index in [1.165, 1.54) is 11.3 Å². The minimum absolute atomic E-state index is 0.0636. The Kier molecular flexibility index (Phi) is 4.03. The maximum Gasteiger partial charge on any atom is 0.265 e. The fourth-order valence-corrected chi connectivity index (χ4v) is 2.98. The number of nitrogen functional groups attached to an aromatic ring is 1. The van der Waals surface area contributed by atoms with Crippen LogP contribution in [0, 0.1) is 0 Å². The Bertz CT molecular complexity index is 569. The predicted molar refractivity (Wildman–Crippen MR) is 77.2 cm³/mol. The molecule has 0 spiro atoms. The number of amides is 1. The number of thioether (sulfide) groups is 1. The number of rotatable bonds is 4. The van der Waals surface area contributed by atoms with Crippen LogP contribution < -0.4 is 5.73 Å². The highest BCUT2D eigenvalue weighted by Gasteiger charge is 2.20. The van der Waals surface area contributed by atoms with Gasteiger partial charge in [0.1, 0.15) is 15.2 Å². The molecule has 2 N–H and O–H groups in total. The van der Waals surface area contributed by atoms with Gasteiger partial charge in [-0.3, -0.25) is 4.79 Å². The number of carbonyl (C=O) groups excluding carboxylic acids is 1.